The van der Waals surface area contributed by atoms with Gasteiger partial charge in [0.15, 0.2) is 5.82 Å². The molecule has 2 heterocycles. The minimum absolute atomic E-state index is 0.00588. The molecular weight excluding hydrogens is 225 g/mol. The summed E-state index contributed by atoms with van der Waals surface area (Å²) in [6, 6.07) is 1.42. The molecular formula is C11H14FN3O2. The molecule has 92 valence electrons. The first-order valence-electron chi connectivity index (χ1n) is 5.46. The second-order valence-corrected chi connectivity index (χ2v) is 3.83. The number of morpholine rings is 1. The predicted molar refractivity (Wildman–Crippen MR) is 60.1 cm³/mol. The Kier molecular flexibility index (Phi) is 4.00. The van der Waals surface area contributed by atoms with Gasteiger partial charge in [0.1, 0.15) is 0 Å². The molecule has 0 spiro atoms. The smallest absolute Gasteiger partial charge is 0.226 e. The number of amides is 1. The van der Waals surface area contributed by atoms with Crippen molar-refractivity contribution in [3.63, 3.8) is 0 Å². The van der Waals surface area contributed by atoms with Crippen molar-refractivity contribution in [1.82, 2.24) is 10.3 Å². The number of carbonyl (C=O) groups excluding carboxylic acids is 1. The molecule has 1 aromatic heterocycles. The molecule has 1 atom stereocenters. The normalized spacial score (nSPS) is 19.9. The lowest BCUT2D eigenvalue weighted by Gasteiger charge is -2.23. The number of hydrogen-bond acceptors (Lipinski definition) is 4. The van der Waals surface area contributed by atoms with Crippen LogP contribution in [0.1, 0.15) is 6.42 Å². The van der Waals surface area contributed by atoms with Gasteiger partial charge in [-0.2, -0.15) is 0 Å². The van der Waals surface area contributed by atoms with Crippen molar-refractivity contribution in [2.24, 2.45) is 0 Å². The second kappa shape index (κ2) is 5.70. The van der Waals surface area contributed by atoms with Gasteiger partial charge in [-0.15, -0.1) is 0 Å². The van der Waals surface area contributed by atoms with Crippen LogP contribution in [-0.2, 0) is 9.53 Å². The van der Waals surface area contributed by atoms with E-state index in [0.717, 1.165) is 12.7 Å². The second-order valence-electron chi connectivity index (χ2n) is 3.83. The van der Waals surface area contributed by atoms with Crippen LogP contribution in [0.5, 0.6) is 0 Å². The van der Waals surface area contributed by atoms with Gasteiger partial charge < -0.3 is 15.4 Å². The summed E-state index contributed by atoms with van der Waals surface area (Å²) in [6.45, 7) is 1.91. The third-order valence-electron chi connectivity index (χ3n) is 2.48. The molecule has 1 aromatic rings. The van der Waals surface area contributed by atoms with Crippen molar-refractivity contribution in [2.75, 3.05) is 25.1 Å². The molecule has 1 saturated heterocycles. The minimum Gasteiger partial charge on any atom is -0.378 e. The van der Waals surface area contributed by atoms with E-state index in [1.165, 1.54) is 12.3 Å². The molecule has 1 unspecified atom stereocenters. The van der Waals surface area contributed by atoms with Gasteiger partial charge in [0, 0.05) is 25.2 Å². The lowest BCUT2D eigenvalue weighted by atomic mass is 10.2. The molecule has 6 heteroatoms. The van der Waals surface area contributed by atoms with Gasteiger partial charge >= 0.3 is 0 Å². The van der Waals surface area contributed by atoms with E-state index in [4.69, 9.17) is 4.74 Å². The van der Waals surface area contributed by atoms with E-state index in [0.29, 0.717) is 13.2 Å². The number of hydrogen-bond donors (Lipinski definition) is 2. The number of nitrogens with zero attached hydrogens (tertiary/aromatic N) is 1. The van der Waals surface area contributed by atoms with E-state index in [2.05, 4.69) is 15.6 Å². The van der Waals surface area contributed by atoms with Crippen LogP contribution in [0.4, 0.5) is 10.1 Å². The SMILES string of the molecule is O=C(CC1COCCN1)Nc1ccncc1F. The topological polar surface area (TPSA) is 63.2 Å². The highest BCUT2D eigenvalue weighted by molar-refractivity contribution is 5.91. The van der Waals surface area contributed by atoms with E-state index in [1.807, 2.05) is 0 Å². The van der Waals surface area contributed by atoms with Crippen LogP contribution in [0, 0.1) is 5.82 Å². The zero-order valence-corrected chi connectivity index (χ0v) is 9.28. The minimum atomic E-state index is -0.534. The van der Waals surface area contributed by atoms with Gasteiger partial charge in [0.05, 0.1) is 25.1 Å². The molecule has 0 aromatic carbocycles. The van der Waals surface area contributed by atoms with Crippen LogP contribution >= 0.6 is 0 Å². The maximum Gasteiger partial charge on any atom is 0.226 e. The molecule has 1 aliphatic rings. The summed E-state index contributed by atoms with van der Waals surface area (Å²) in [5.74, 6) is -0.771. The summed E-state index contributed by atoms with van der Waals surface area (Å²) in [4.78, 5) is 15.2. The fourth-order valence-electron chi connectivity index (χ4n) is 1.65. The zero-order chi connectivity index (χ0) is 12.1. The molecule has 2 N–H and O–H groups in total. The van der Waals surface area contributed by atoms with Crippen molar-refractivity contribution >= 4 is 11.6 Å². The van der Waals surface area contributed by atoms with E-state index >= 15 is 0 Å². The first-order chi connectivity index (χ1) is 8.25. The number of nitrogens with one attached hydrogen (secondary N) is 2. The van der Waals surface area contributed by atoms with Crippen LogP contribution < -0.4 is 10.6 Å². The highest BCUT2D eigenvalue weighted by Gasteiger charge is 2.17. The van der Waals surface area contributed by atoms with Crippen molar-refractivity contribution in [3.05, 3.63) is 24.3 Å². The fraction of sp³-hybridized carbons (Fsp3) is 0.455. The molecule has 0 radical (unpaired) electrons. The molecule has 5 nitrogen and oxygen atoms in total. The average Bonchev–Trinajstić information content (AvgIpc) is 2.33. The Morgan fingerprint density at radius 2 is 2.59 bits per heavy atom. The highest BCUT2D eigenvalue weighted by Crippen LogP contribution is 2.11. The van der Waals surface area contributed by atoms with Gasteiger partial charge in [-0.25, -0.2) is 4.39 Å². The van der Waals surface area contributed by atoms with Crippen molar-refractivity contribution < 1.29 is 13.9 Å². The molecule has 1 amide bonds. The summed E-state index contributed by atoms with van der Waals surface area (Å²) in [5.41, 5.74) is 0.154. The Hall–Kier alpha value is -1.53. The van der Waals surface area contributed by atoms with Crippen LogP contribution in [0.2, 0.25) is 0 Å². The number of aromatic nitrogens is 1. The van der Waals surface area contributed by atoms with Crippen LogP contribution in [0.25, 0.3) is 0 Å². The van der Waals surface area contributed by atoms with Crippen molar-refractivity contribution in [1.29, 1.82) is 0 Å². The predicted octanol–water partition coefficient (Wildman–Crippen LogP) is 0.538. The molecule has 2 rings (SSSR count). The largest absolute Gasteiger partial charge is 0.378 e. The third kappa shape index (κ3) is 3.47. The van der Waals surface area contributed by atoms with E-state index in [-0.39, 0.29) is 24.1 Å². The van der Waals surface area contributed by atoms with E-state index < -0.39 is 5.82 Å². The molecule has 1 fully saturated rings. The fourth-order valence-corrected chi connectivity index (χ4v) is 1.65. The van der Waals surface area contributed by atoms with Crippen molar-refractivity contribution in [3.8, 4) is 0 Å². The first kappa shape index (κ1) is 11.9. The summed E-state index contributed by atoms with van der Waals surface area (Å²) < 4.78 is 18.4. The van der Waals surface area contributed by atoms with E-state index in [1.54, 1.807) is 0 Å². The van der Waals surface area contributed by atoms with Gasteiger partial charge in [-0.1, -0.05) is 0 Å². The van der Waals surface area contributed by atoms with Gasteiger partial charge in [0.2, 0.25) is 5.91 Å². The molecule has 0 saturated carbocycles. The number of pyridine rings is 1. The Balaban J connectivity index is 1.86. The van der Waals surface area contributed by atoms with Crippen LogP contribution in [-0.4, -0.2) is 36.7 Å². The monoisotopic (exact) mass is 239 g/mol. The maximum atomic E-state index is 13.2. The summed E-state index contributed by atoms with van der Waals surface area (Å²) in [5, 5.41) is 5.67. The highest BCUT2D eigenvalue weighted by atomic mass is 19.1. The maximum absolute atomic E-state index is 13.2. The lowest BCUT2D eigenvalue weighted by molar-refractivity contribution is -0.117. The van der Waals surface area contributed by atoms with E-state index in [9.17, 15) is 9.18 Å². The standard InChI is InChI=1S/C11H14FN3O2/c12-9-6-13-2-1-10(9)15-11(16)5-8-7-17-4-3-14-8/h1-2,6,8,14H,3-5,7H2,(H,13,15,16). The zero-order valence-electron chi connectivity index (χ0n) is 9.28. The Morgan fingerprint density at radius 1 is 1.71 bits per heavy atom. The Labute approximate surface area is 98.4 Å². The van der Waals surface area contributed by atoms with Crippen molar-refractivity contribution in [2.45, 2.75) is 12.5 Å². The molecule has 0 bridgehead atoms. The molecule has 1 aliphatic heterocycles. The van der Waals surface area contributed by atoms with Gasteiger partial charge in [-0.05, 0) is 6.07 Å². The third-order valence-corrected chi connectivity index (χ3v) is 2.48. The lowest BCUT2D eigenvalue weighted by Crippen LogP contribution is -2.43. The Bertz CT molecular complexity index is 394. The number of rotatable bonds is 3. The number of halogens is 1. The number of carbonyl (C=O) groups is 1. The first-order valence-corrected chi connectivity index (χ1v) is 5.46. The summed E-state index contributed by atoms with van der Waals surface area (Å²) in [7, 11) is 0. The average molecular weight is 239 g/mol. The molecule has 0 aliphatic carbocycles. The van der Waals surface area contributed by atoms with Gasteiger partial charge in [0.25, 0.3) is 0 Å². The quantitative estimate of drug-likeness (QED) is 0.808. The number of anilines is 1. The molecule has 17 heavy (non-hydrogen) atoms. The van der Waals surface area contributed by atoms with Crippen LogP contribution in [0.3, 0.4) is 0 Å². The summed E-state index contributed by atoms with van der Waals surface area (Å²) >= 11 is 0. The number of ether oxygens (including phenoxy) is 1. The van der Waals surface area contributed by atoms with Gasteiger partial charge in [-0.3, -0.25) is 9.78 Å². The Morgan fingerprint density at radius 3 is 3.29 bits per heavy atom. The summed E-state index contributed by atoms with van der Waals surface area (Å²) in [6.07, 6.45) is 2.76. The van der Waals surface area contributed by atoms with Crippen LogP contribution in [0.15, 0.2) is 18.5 Å².